The van der Waals surface area contributed by atoms with Gasteiger partial charge in [-0.3, -0.25) is 4.99 Å². The monoisotopic (exact) mass is 327 g/mol. The molecule has 2 aromatic rings. The molecule has 120 valence electrons. The van der Waals surface area contributed by atoms with Gasteiger partial charge in [-0.05, 0) is 50.7 Å². The van der Waals surface area contributed by atoms with E-state index in [9.17, 15) is 0 Å². The van der Waals surface area contributed by atoms with E-state index in [4.69, 9.17) is 14.5 Å². The van der Waals surface area contributed by atoms with Crippen LogP contribution in [0, 0.1) is 17.8 Å². The zero-order valence-corrected chi connectivity index (χ0v) is 14.2. The molecule has 0 aliphatic heterocycles. The summed E-state index contributed by atoms with van der Waals surface area (Å²) >= 11 is 1.61. The second-order valence-corrected chi connectivity index (χ2v) is 7.46. The second-order valence-electron chi connectivity index (χ2n) is 6.62. The van der Waals surface area contributed by atoms with Gasteiger partial charge in [-0.2, -0.15) is 5.10 Å². The maximum Gasteiger partial charge on any atom is 0.206 e. The summed E-state index contributed by atoms with van der Waals surface area (Å²) in [7, 11) is 0. The molecule has 0 saturated heterocycles. The van der Waals surface area contributed by atoms with Gasteiger partial charge in [-0.25, -0.2) is 4.68 Å². The van der Waals surface area contributed by atoms with E-state index in [1.807, 2.05) is 16.8 Å². The molecule has 4 nitrogen and oxygen atoms in total. The van der Waals surface area contributed by atoms with E-state index in [0.717, 1.165) is 22.2 Å². The molecule has 1 fully saturated rings. The minimum absolute atomic E-state index is 0.241. The third-order valence-electron chi connectivity index (χ3n) is 4.53. The van der Waals surface area contributed by atoms with Crippen LogP contribution in [0.5, 0.6) is 0 Å². The highest BCUT2D eigenvalue weighted by molar-refractivity contribution is 7.07. The van der Waals surface area contributed by atoms with Crippen molar-refractivity contribution in [3.63, 3.8) is 0 Å². The van der Waals surface area contributed by atoms with E-state index < -0.39 is 0 Å². The van der Waals surface area contributed by atoms with Gasteiger partial charge in [0.2, 0.25) is 4.80 Å². The highest BCUT2D eigenvalue weighted by Gasteiger charge is 2.34. The first kappa shape index (κ1) is 14.7. The second kappa shape index (κ2) is 5.96. The Morgan fingerprint density at radius 3 is 2.91 bits per heavy atom. The smallest absolute Gasteiger partial charge is 0.206 e. The Bertz CT molecular complexity index is 795. The minimum Gasteiger partial charge on any atom is -0.463 e. The summed E-state index contributed by atoms with van der Waals surface area (Å²) in [6.07, 6.45) is 11.0. The molecule has 0 N–H and O–H groups in total. The zero-order chi connectivity index (χ0) is 15.8. The van der Waals surface area contributed by atoms with Crippen molar-refractivity contribution in [3.05, 3.63) is 40.7 Å². The lowest BCUT2D eigenvalue weighted by Crippen LogP contribution is -2.16. The van der Waals surface area contributed by atoms with Crippen molar-refractivity contribution in [1.82, 2.24) is 4.68 Å². The van der Waals surface area contributed by atoms with Crippen molar-refractivity contribution in [1.29, 1.82) is 0 Å². The average Bonchev–Trinajstić information content (AvgIpc) is 3.29. The molecule has 5 heteroatoms. The number of furan rings is 1. The van der Waals surface area contributed by atoms with Crippen LogP contribution in [0.3, 0.4) is 0 Å². The Morgan fingerprint density at radius 1 is 1.35 bits per heavy atom. The summed E-state index contributed by atoms with van der Waals surface area (Å²) in [5.74, 6) is 2.80. The maximum atomic E-state index is 5.56. The highest BCUT2D eigenvalue weighted by atomic mass is 32.1. The van der Waals surface area contributed by atoms with E-state index in [-0.39, 0.29) is 6.04 Å². The normalized spacial score (nSPS) is 27.1. The number of thiazole rings is 1. The predicted octanol–water partition coefficient (Wildman–Crippen LogP) is 4.16. The summed E-state index contributed by atoms with van der Waals surface area (Å²) in [6.45, 7) is 4.17. The lowest BCUT2D eigenvalue weighted by atomic mass is 9.95. The van der Waals surface area contributed by atoms with Gasteiger partial charge >= 0.3 is 0 Å². The molecule has 0 spiro atoms. The van der Waals surface area contributed by atoms with Gasteiger partial charge in [0.25, 0.3) is 0 Å². The minimum atomic E-state index is 0.241. The number of fused-ring (bicyclic) bond motifs is 2. The molecular formula is C18H21N3OS. The molecule has 0 radical (unpaired) electrons. The molecular weight excluding hydrogens is 306 g/mol. The fourth-order valence-corrected chi connectivity index (χ4v) is 4.41. The Balaban J connectivity index is 1.70. The van der Waals surface area contributed by atoms with Gasteiger partial charge < -0.3 is 4.42 Å². The van der Waals surface area contributed by atoms with Crippen molar-refractivity contribution < 1.29 is 4.42 Å². The number of allylic oxidation sites excluding steroid dienone is 2. The van der Waals surface area contributed by atoms with Crippen LogP contribution in [-0.2, 0) is 0 Å². The Labute approximate surface area is 139 Å². The maximum absolute atomic E-state index is 5.56. The highest BCUT2D eigenvalue weighted by Crippen LogP contribution is 2.42. The number of nitrogens with zero attached hydrogens (tertiary/aromatic N) is 3. The van der Waals surface area contributed by atoms with Gasteiger partial charge in [0.1, 0.15) is 5.69 Å². The molecule has 2 aromatic heterocycles. The van der Waals surface area contributed by atoms with Crippen LogP contribution in [0.25, 0.3) is 11.5 Å². The Kier molecular flexibility index (Phi) is 3.81. The van der Waals surface area contributed by atoms with Crippen LogP contribution >= 0.6 is 11.3 Å². The molecule has 2 bridgehead atoms. The molecule has 3 atom stereocenters. The number of hydrogen-bond acceptors (Lipinski definition) is 4. The molecule has 4 rings (SSSR count). The summed E-state index contributed by atoms with van der Waals surface area (Å²) in [4.78, 5) is 5.61. The van der Waals surface area contributed by atoms with Gasteiger partial charge in [0.15, 0.2) is 5.76 Å². The summed E-state index contributed by atoms with van der Waals surface area (Å²) in [5, 5.41) is 6.86. The molecule has 3 unspecified atom stereocenters. The quantitative estimate of drug-likeness (QED) is 0.614. The molecule has 1 saturated carbocycles. The first-order chi connectivity index (χ1) is 11.2. The summed E-state index contributed by atoms with van der Waals surface area (Å²) in [5.41, 5.74) is 0.967. The Hall–Kier alpha value is -1.88. The topological polar surface area (TPSA) is 42.8 Å². The molecule has 2 aliphatic rings. The van der Waals surface area contributed by atoms with Crippen molar-refractivity contribution in [2.75, 3.05) is 0 Å². The molecule has 2 aliphatic carbocycles. The van der Waals surface area contributed by atoms with E-state index >= 15 is 0 Å². The lowest BCUT2D eigenvalue weighted by molar-refractivity contribution is 0.571. The largest absolute Gasteiger partial charge is 0.463 e. The zero-order valence-electron chi connectivity index (χ0n) is 13.4. The average molecular weight is 327 g/mol. The van der Waals surface area contributed by atoms with Crippen molar-refractivity contribution in [3.8, 4) is 11.5 Å². The van der Waals surface area contributed by atoms with E-state index in [2.05, 4.69) is 37.6 Å². The first-order valence-corrected chi connectivity index (χ1v) is 9.09. The molecule has 0 amide bonds. The van der Waals surface area contributed by atoms with Crippen LogP contribution < -0.4 is 4.80 Å². The number of aromatic nitrogens is 1. The van der Waals surface area contributed by atoms with Crippen molar-refractivity contribution in [2.45, 2.75) is 32.7 Å². The van der Waals surface area contributed by atoms with Gasteiger partial charge in [0, 0.05) is 23.6 Å². The third-order valence-corrected chi connectivity index (χ3v) is 5.36. The standard InChI is InChI=1S/C18H21N3OS/c1-12(2)20-18-21(16(11-23-18)17-4-3-7-22-17)19-10-15-9-13-5-6-14(15)8-13/h3-7,10-15H,8-9H2,1-2H3. The van der Waals surface area contributed by atoms with Crippen LogP contribution in [0.4, 0.5) is 0 Å². The van der Waals surface area contributed by atoms with Gasteiger partial charge in [-0.15, -0.1) is 11.3 Å². The Morgan fingerprint density at radius 2 is 2.26 bits per heavy atom. The van der Waals surface area contributed by atoms with Crippen molar-refractivity contribution in [2.24, 2.45) is 27.8 Å². The number of hydrogen-bond donors (Lipinski definition) is 0. The molecule has 0 aromatic carbocycles. The van der Waals surface area contributed by atoms with Crippen molar-refractivity contribution >= 4 is 17.6 Å². The third kappa shape index (κ3) is 2.85. The van der Waals surface area contributed by atoms with Gasteiger partial charge in [-0.1, -0.05) is 12.2 Å². The molecule has 2 heterocycles. The first-order valence-electron chi connectivity index (χ1n) is 8.22. The van der Waals surface area contributed by atoms with Crippen LogP contribution in [0.15, 0.2) is 50.4 Å². The van der Waals surface area contributed by atoms with Crippen LogP contribution in [-0.4, -0.2) is 16.9 Å². The SMILES string of the molecule is CC(C)N=c1scc(-c2ccco2)n1N=CC1CC2C=CC1C2. The lowest BCUT2D eigenvalue weighted by Gasteiger charge is -2.12. The van der Waals surface area contributed by atoms with Crippen LogP contribution in [0.2, 0.25) is 0 Å². The summed E-state index contributed by atoms with van der Waals surface area (Å²) in [6, 6.07) is 4.11. The fourth-order valence-electron chi connectivity index (χ4n) is 3.46. The fraction of sp³-hybridized carbons (Fsp3) is 0.444. The predicted molar refractivity (Wildman–Crippen MR) is 93.4 cm³/mol. The molecule has 23 heavy (non-hydrogen) atoms. The van der Waals surface area contributed by atoms with Crippen LogP contribution in [0.1, 0.15) is 26.7 Å². The van der Waals surface area contributed by atoms with E-state index in [1.54, 1.807) is 17.6 Å². The summed E-state index contributed by atoms with van der Waals surface area (Å²) < 4.78 is 7.49. The number of rotatable bonds is 4. The van der Waals surface area contributed by atoms with E-state index in [1.165, 1.54) is 12.8 Å². The van der Waals surface area contributed by atoms with Gasteiger partial charge in [0.05, 0.1) is 6.26 Å². The van der Waals surface area contributed by atoms with E-state index in [0.29, 0.717) is 11.8 Å².